The molecule has 1 saturated carbocycles. The van der Waals surface area contributed by atoms with Crippen LogP contribution in [0.25, 0.3) is 0 Å². The molecule has 3 rings (SSSR count). The van der Waals surface area contributed by atoms with Crippen LogP contribution in [0.3, 0.4) is 0 Å². The molecule has 0 saturated heterocycles. The molecule has 0 bridgehead atoms. The maximum atomic E-state index is 12.9. The number of unbranched alkanes of at least 4 members (excludes halogenated alkanes) is 1. The molecule has 0 unspecified atom stereocenters. The van der Waals surface area contributed by atoms with Crippen molar-refractivity contribution < 1.29 is 19.1 Å². The third kappa shape index (κ3) is 7.85. The first kappa shape index (κ1) is 27.8. The molecule has 1 heterocycles. The Morgan fingerprint density at radius 1 is 1.19 bits per heavy atom. The van der Waals surface area contributed by atoms with E-state index in [0.29, 0.717) is 19.4 Å². The van der Waals surface area contributed by atoms with Crippen LogP contribution in [-0.4, -0.2) is 45.7 Å². The van der Waals surface area contributed by atoms with Gasteiger partial charge in [-0.05, 0) is 38.2 Å². The van der Waals surface area contributed by atoms with Crippen molar-refractivity contribution in [2.45, 2.75) is 76.0 Å². The largest absolute Gasteiger partial charge is 0.449 e. The number of aromatic nitrogens is 2. The van der Waals surface area contributed by atoms with Gasteiger partial charge in [-0.1, -0.05) is 68.3 Å². The second-order valence-electron chi connectivity index (χ2n) is 9.66. The van der Waals surface area contributed by atoms with Gasteiger partial charge < -0.3 is 19.9 Å². The average Bonchev–Trinajstić information content (AvgIpc) is 3.27. The number of ketones is 1. The van der Waals surface area contributed by atoms with E-state index >= 15 is 0 Å². The Morgan fingerprint density at radius 3 is 2.56 bits per heavy atom. The minimum atomic E-state index is -0.906. The fourth-order valence-electron chi connectivity index (χ4n) is 4.32. The number of carbonyl (C=O) groups is 3. The maximum Gasteiger partial charge on any atom is 0.407 e. The van der Waals surface area contributed by atoms with Gasteiger partial charge in [0, 0.05) is 30.6 Å². The molecule has 2 aromatic rings. The van der Waals surface area contributed by atoms with Gasteiger partial charge in [0.05, 0.1) is 12.6 Å². The van der Waals surface area contributed by atoms with E-state index in [4.69, 9.17) is 4.74 Å². The Morgan fingerprint density at radius 2 is 1.94 bits per heavy atom. The van der Waals surface area contributed by atoms with Gasteiger partial charge in [0.2, 0.25) is 5.78 Å². The Kier molecular flexibility index (Phi) is 10.4. The van der Waals surface area contributed by atoms with Crippen LogP contribution in [0.4, 0.5) is 4.79 Å². The van der Waals surface area contributed by atoms with Crippen molar-refractivity contribution in [2.75, 3.05) is 12.4 Å². The van der Waals surface area contributed by atoms with Crippen molar-refractivity contribution in [3.05, 3.63) is 48.3 Å². The van der Waals surface area contributed by atoms with Crippen LogP contribution >= 0.6 is 11.8 Å². The first-order valence-electron chi connectivity index (χ1n) is 12.8. The third-order valence-corrected chi connectivity index (χ3v) is 7.95. The highest BCUT2D eigenvalue weighted by Crippen LogP contribution is 2.45. The smallest absolute Gasteiger partial charge is 0.407 e. The molecule has 1 aliphatic rings. The first-order chi connectivity index (χ1) is 17.3. The Balaban J connectivity index is 1.49. The summed E-state index contributed by atoms with van der Waals surface area (Å²) in [7, 11) is 1.97. The molecule has 0 radical (unpaired) electrons. The van der Waals surface area contributed by atoms with Crippen molar-refractivity contribution in [2.24, 2.45) is 12.5 Å². The lowest BCUT2D eigenvalue weighted by molar-refractivity contribution is -0.139. The molecule has 9 heteroatoms. The minimum Gasteiger partial charge on any atom is -0.449 e. The highest BCUT2D eigenvalue weighted by atomic mass is 32.2. The number of hydrogen-bond donors (Lipinski definition) is 2. The van der Waals surface area contributed by atoms with E-state index in [9.17, 15) is 14.4 Å². The van der Waals surface area contributed by atoms with E-state index in [1.165, 1.54) is 0 Å². The van der Waals surface area contributed by atoms with Gasteiger partial charge >= 0.3 is 6.09 Å². The summed E-state index contributed by atoms with van der Waals surface area (Å²) in [6.07, 6.45) is 9.09. The van der Waals surface area contributed by atoms with E-state index < -0.39 is 23.8 Å². The number of Topliss-reactive ketones (excluding diaryl/α,β-unsaturated/α-hetero) is 1. The number of alkyl carbamates (subject to hydrolysis) is 1. The van der Waals surface area contributed by atoms with E-state index in [2.05, 4.69) is 15.6 Å². The molecular weight excluding hydrogens is 476 g/mol. The summed E-state index contributed by atoms with van der Waals surface area (Å²) in [5, 5.41) is 6.38. The van der Waals surface area contributed by atoms with E-state index in [-0.39, 0.29) is 11.5 Å². The highest BCUT2D eigenvalue weighted by Gasteiger charge is 2.38. The van der Waals surface area contributed by atoms with E-state index in [1.807, 2.05) is 62.0 Å². The summed E-state index contributed by atoms with van der Waals surface area (Å²) < 4.78 is 7.58. The molecule has 2 amide bonds. The molecule has 0 aliphatic heterocycles. The fraction of sp³-hybridized carbons (Fsp3) is 0.556. The molecule has 2 atom stereocenters. The normalized spacial score (nSPS) is 15.9. The molecule has 196 valence electrons. The van der Waals surface area contributed by atoms with Crippen LogP contribution in [-0.2, 0) is 21.4 Å². The molecule has 1 aliphatic carbocycles. The summed E-state index contributed by atoms with van der Waals surface area (Å²) in [6.45, 7) is 4.14. The van der Waals surface area contributed by atoms with Crippen molar-refractivity contribution in [1.29, 1.82) is 0 Å². The summed E-state index contributed by atoms with van der Waals surface area (Å²) in [6, 6.07) is 8.23. The van der Waals surface area contributed by atoms with Gasteiger partial charge in [-0.2, -0.15) is 0 Å². The van der Waals surface area contributed by atoms with Crippen LogP contribution in [0.5, 0.6) is 0 Å². The Hall–Kier alpha value is -2.81. The zero-order valence-electron chi connectivity index (χ0n) is 21.5. The molecule has 8 nitrogen and oxygen atoms in total. The van der Waals surface area contributed by atoms with Crippen LogP contribution in [0, 0.1) is 5.41 Å². The van der Waals surface area contributed by atoms with Crippen molar-refractivity contribution in [3.8, 4) is 0 Å². The van der Waals surface area contributed by atoms with Crippen LogP contribution < -0.4 is 10.6 Å². The topological polar surface area (TPSA) is 102 Å². The van der Waals surface area contributed by atoms with Crippen LogP contribution in [0.2, 0.25) is 0 Å². The zero-order chi connectivity index (χ0) is 26.0. The van der Waals surface area contributed by atoms with Gasteiger partial charge in [0.15, 0.2) is 5.16 Å². The number of hydrogen-bond acceptors (Lipinski definition) is 6. The van der Waals surface area contributed by atoms with Crippen LogP contribution in [0.15, 0.2) is 47.9 Å². The highest BCUT2D eigenvalue weighted by molar-refractivity contribution is 7.99. The number of carbonyl (C=O) groups excluding carboxylic acids is 3. The SMILES string of the molecule is CCCC[C@H](NC(=O)OCC1(CCSc2nccn2C)CCC1)C(=O)C(=O)N[C@H](C)c1ccccc1. The number of benzene rings is 1. The summed E-state index contributed by atoms with van der Waals surface area (Å²) in [5.74, 6) is -0.449. The maximum absolute atomic E-state index is 12.9. The number of aryl methyl sites for hydroxylation is 1. The quantitative estimate of drug-likeness (QED) is 0.277. The van der Waals surface area contributed by atoms with Crippen molar-refractivity contribution in [3.63, 3.8) is 0 Å². The predicted octanol–water partition coefficient (Wildman–Crippen LogP) is 4.80. The second kappa shape index (κ2) is 13.5. The van der Waals surface area contributed by atoms with E-state index in [1.54, 1.807) is 18.0 Å². The second-order valence-corrected chi connectivity index (χ2v) is 10.7. The molecule has 1 aromatic carbocycles. The van der Waals surface area contributed by atoms with Gasteiger partial charge in [0.25, 0.3) is 5.91 Å². The standard InChI is InChI=1S/C27H38N4O4S/c1-4-5-12-22(23(32)24(33)29-20(2)21-10-7-6-8-11-21)30-26(34)35-19-27(13-9-14-27)15-18-36-25-28-16-17-31(25)3/h6-8,10-11,16-17,20,22H,4-5,9,12-15,18-19H2,1-3H3,(H,29,33)(H,30,34)/t20-,22+/m1/s1. The molecule has 1 aromatic heterocycles. The Bertz CT molecular complexity index is 1010. The number of thioether (sulfide) groups is 1. The number of ether oxygens (including phenoxy) is 1. The van der Waals surface area contributed by atoms with Crippen molar-refractivity contribution >= 4 is 29.5 Å². The van der Waals surface area contributed by atoms with Gasteiger partial charge in [-0.15, -0.1) is 0 Å². The van der Waals surface area contributed by atoms with Crippen LogP contribution in [0.1, 0.15) is 70.4 Å². The third-order valence-electron chi connectivity index (χ3n) is 6.89. The number of nitrogens with zero attached hydrogens (tertiary/aromatic N) is 2. The Labute approximate surface area is 218 Å². The van der Waals surface area contributed by atoms with Gasteiger partial charge in [0.1, 0.15) is 6.04 Å². The summed E-state index contributed by atoms with van der Waals surface area (Å²) in [4.78, 5) is 42.6. The number of amides is 2. The lowest BCUT2D eigenvalue weighted by Crippen LogP contribution is -2.48. The monoisotopic (exact) mass is 514 g/mol. The summed E-state index contributed by atoms with van der Waals surface area (Å²) >= 11 is 1.70. The first-order valence-corrected chi connectivity index (χ1v) is 13.8. The molecule has 36 heavy (non-hydrogen) atoms. The lowest BCUT2D eigenvalue weighted by Gasteiger charge is -2.41. The predicted molar refractivity (Wildman–Crippen MR) is 141 cm³/mol. The molecular formula is C27H38N4O4S. The fourth-order valence-corrected chi connectivity index (χ4v) is 5.44. The van der Waals surface area contributed by atoms with Gasteiger partial charge in [-0.3, -0.25) is 9.59 Å². The number of imidazole rings is 1. The molecule has 1 fully saturated rings. The average molecular weight is 515 g/mol. The summed E-state index contributed by atoms with van der Waals surface area (Å²) in [5.41, 5.74) is 0.879. The van der Waals surface area contributed by atoms with Gasteiger partial charge in [-0.25, -0.2) is 9.78 Å². The molecule has 2 N–H and O–H groups in total. The zero-order valence-corrected chi connectivity index (χ0v) is 22.3. The molecule has 0 spiro atoms. The number of rotatable bonds is 14. The minimum absolute atomic E-state index is 0.0269. The van der Waals surface area contributed by atoms with Crippen molar-refractivity contribution in [1.82, 2.24) is 20.2 Å². The number of nitrogens with one attached hydrogen (secondary N) is 2. The lowest BCUT2D eigenvalue weighted by atomic mass is 9.67. The van der Waals surface area contributed by atoms with E-state index in [0.717, 1.165) is 48.6 Å².